The summed E-state index contributed by atoms with van der Waals surface area (Å²) in [7, 11) is 0. The van der Waals surface area contributed by atoms with Gasteiger partial charge in [0, 0.05) is 6.20 Å². The first-order chi connectivity index (χ1) is 26.3. The average molecular weight is 781 g/mol. The van der Waals surface area contributed by atoms with Crippen LogP contribution < -0.4 is 32.6 Å². The number of hydrogen-bond acceptors (Lipinski definition) is 11. The summed E-state index contributed by atoms with van der Waals surface area (Å²) >= 11 is 0. The van der Waals surface area contributed by atoms with Crippen molar-refractivity contribution in [2.24, 2.45) is 17.6 Å². The molecule has 56 heavy (non-hydrogen) atoms. The maximum absolute atomic E-state index is 13.4. The zero-order valence-corrected chi connectivity index (χ0v) is 32.7. The summed E-state index contributed by atoms with van der Waals surface area (Å²) in [6.07, 6.45) is 2.42. The minimum atomic E-state index is -1.23. The fraction of sp³-hybridized carbons (Fsp3) is 0.474. The summed E-state index contributed by atoms with van der Waals surface area (Å²) in [6.45, 7) is 11.2. The number of pyridine rings is 1. The van der Waals surface area contributed by atoms with Gasteiger partial charge in [0.2, 0.25) is 17.7 Å². The molecule has 18 heteroatoms. The van der Waals surface area contributed by atoms with Crippen LogP contribution in [0.4, 0.5) is 15.3 Å². The average Bonchev–Trinajstić information content (AvgIpc) is 3.52. The third kappa shape index (κ3) is 14.2. The molecule has 0 saturated heterocycles. The van der Waals surface area contributed by atoms with Gasteiger partial charge in [-0.2, -0.15) is 0 Å². The summed E-state index contributed by atoms with van der Waals surface area (Å²) in [5.41, 5.74) is 5.33. The molecule has 0 aliphatic heterocycles. The van der Waals surface area contributed by atoms with Gasteiger partial charge in [0.25, 0.3) is 5.56 Å². The summed E-state index contributed by atoms with van der Waals surface area (Å²) < 4.78 is 17.0. The van der Waals surface area contributed by atoms with Gasteiger partial charge in [-0.15, -0.1) is 0 Å². The molecule has 7 N–H and O–H groups in total. The number of imidazole rings is 1. The number of hydrogen-bond donors (Lipinski definition) is 6. The highest BCUT2D eigenvalue weighted by Crippen LogP contribution is 2.13. The molecular weight excluding hydrogens is 728 g/mol. The Labute approximate surface area is 324 Å². The largest absolute Gasteiger partial charge is 0.461 e. The highest BCUT2D eigenvalue weighted by molar-refractivity contribution is 5.96. The van der Waals surface area contributed by atoms with Crippen LogP contribution >= 0.6 is 0 Å². The fourth-order valence-corrected chi connectivity index (χ4v) is 5.21. The number of nitrogens with zero attached hydrogens (tertiary/aromatic N) is 2. The van der Waals surface area contributed by atoms with Crippen molar-refractivity contribution in [3.05, 3.63) is 70.9 Å². The third-order valence-corrected chi connectivity index (χ3v) is 7.95. The van der Waals surface area contributed by atoms with E-state index in [2.05, 4.69) is 31.2 Å². The van der Waals surface area contributed by atoms with Crippen molar-refractivity contribution in [2.75, 3.05) is 18.5 Å². The SMILES string of the molecule is CC(C)[C@H](NC(=O)OC(C)(C)C)C(=O)N[C@H](C(=O)OCCOC(=O)N[C@@H](CC/C=C/C(N)=O)C(=O)Nc1cccn(Cc2nc3ccccc3[nH]2)c1=O)C(C)C. The van der Waals surface area contributed by atoms with Gasteiger partial charge in [-0.1, -0.05) is 45.9 Å². The fourth-order valence-electron chi connectivity index (χ4n) is 5.21. The molecule has 2 aromatic heterocycles. The zero-order valence-electron chi connectivity index (χ0n) is 32.7. The van der Waals surface area contributed by atoms with Crippen molar-refractivity contribution in [1.82, 2.24) is 30.5 Å². The Morgan fingerprint density at radius 1 is 0.875 bits per heavy atom. The molecule has 5 amide bonds. The van der Waals surface area contributed by atoms with Crippen LogP contribution in [0.1, 0.15) is 67.1 Å². The van der Waals surface area contributed by atoms with Gasteiger partial charge in [0.1, 0.15) is 48.5 Å². The first-order valence-electron chi connectivity index (χ1n) is 18.1. The number of rotatable bonds is 18. The lowest BCUT2D eigenvalue weighted by atomic mass is 10.0. The van der Waals surface area contributed by atoms with Crippen LogP contribution in [0.2, 0.25) is 0 Å². The lowest BCUT2D eigenvalue weighted by molar-refractivity contribution is -0.150. The summed E-state index contributed by atoms with van der Waals surface area (Å²) in [5.74, 6) is -3.08. The Bertz CT molecular complexity index is 1910. The zero-order chi connectivity index (χ0) is 41.6. The van der Waals surface area contributed by atoms with Crippen LogP contribution in [0.25, 0.3) is 11.0 Å². The second kappa shape index (κ2) is 20.5. The van der Waals surface area contributed by atoms with E-state index in [4.69, 9.17) is 19.9 Å². The normalized spacial score (nSPS) is 13.2. The maximum atomic E-state index is 13.4. The minimum Gasteiger partial charge on any atom is -0.461 e. The predicted octanol–water partition coefficient (Wildman–Crippen LogP) is 2.86. The molecule has 0 unspecified atom stereocenters. The van der Waals surface area contributed by atoms with E-state index in [1.807, 2.05) is 24.3 Å². The van der Waals surface area contributed by atoms with Gasteiger partial charge in [-0.3, -0.25) is 19.2 Å². The summed E-state index contributed by atoms with van der Waals surface area (Å²) in [4.78, 5) is 96.6. The van der Waals surface area contributed by atoms with Crippen LogP contribution in [0.15, 0.2) is 59.5 Å². The standard InChI is InChI=1S/C38H52N8O10/c1-22(2)30(45-37(53)56-38(5,6)7)33(49)44-31(23(3)4)35(51)54-19-20-55-36(52)43-26(15-10-11-17-28(39)47)32(48)42-27-16-12-18-46(34(27)50)21-29-40-24-13-8-9-14-25(24)41-29/h8-9,11-14,16-18,22-23,26,30-31H,10,15,19-21H2,1-7H3,(H2,39,47)(H,40,41)(H,42,48)(H,43,52)(H,44,49)(H,45,53)/b17-11+/t26-,30-,31-/m0/s1. The number of carbonyl (C=O) groups excluding carboxylic acids is 6. The number of amides is 5. The topological polar surface area (TPSA) is 255 Å². The van der Waals surface area contributed by atoms with E-state index in [9.17, 15) is 33.6 Å². The van der Waals surface area contributed by atoms with E-state index >= 15 is 0 Å². The molecule has 0 aliphatic carbocycles. The Balaban J connectivity index is 1.59. The lowest BCUT2D eigenvalue weighted by Crippen LogP contribution is -2.55. The van der Waals surface area contributed by atoms with Crippen LogP contribution in [-0.4, -0.2) is 87.4 Å². The number of aromatic amines is 1. The molecule has 0 radical (unpaired) electrons. The van der Waals surface area contributed by atoms with Crippen molar-refractivity contribution < 1.29 is 43.0 Å². The number of fused-ring (bicyclic) bond motifs is 1. The van der Waals surface area contributed by atoms with Gasteiger partial charge >= 0.3 is 18.2 Å². The van der Waals surface area contributed by atoms with E-state index in [-0.39, 0.29) is 37.6 Å². The number of benzene rings is 1. The van der Waals surface area contributed by atoms with E-state index in [0.29, 0.717) is 5.82 Å². The molecule has 0 spiro atoms. The van der Waals surface area contributed by atoms with Crippen molar-refractivity contribution in [1.29, 1.82) is 0 Å². The molecular formula is C38H52N8O10. The lowest BCUT2D eigenvalue weighted by Gasteiger charge is -2.27. The molecule has 3 aromatic rings. The van der Waals surface area contributed by atoms with Crippen LogP contribution in [0.3, 0.4) is 0 Å². The Kier molecular flexibility index (Phi) is 16.2. The number of para-hydroxylation sites is 2. The molecule has 3 rings (SSSR count). The molecule has 0 fully saturated rings. The third-order valence-electron chi connectivity index (χ3n) is 7.95. The number of allylic oxidation sites excluding steroid dienone is 1. The van der Waals surface area contributed by atoms with Crippen molar-refractivity contribution in [2.45, 2.75) is 91.6 Å². The number of esters is 1. The molecule has 304 valence electrons. The number of aromatic nitrogens is 3. The van der Waals surface area contributed by atoms with Gasteiger partial charge in [0.05, 0.1) is 17.6 Å². The molecule has 2 heterocycles. The van der Waals surface area contributed by atoms with Gasteiger partial charge < -0.3 is 50.8 Å². The second-order valence-corrected chi connectivity index (χ2v) is 14.5. The number of H-pyrrole nitrogens is 1. The van der Waals surface area contributed by atoms with E-state index in [1.54, 1.807) is 60.7 Å². The van der Waals surface area contributed by atoms with E-state index in [1.165, 1.54) is 16.7 Å². The first kappa shape index (κ1) is 44.2. The minimum absolute atomic E-state index is 0.00434. The highest BCUT2D eigenvalue weighted by Gasteiger charge is 2.32. The van der Waals surface area contributed by atoms with E-state index < -0.39 is 77.7 Å². The summed E-state index contributed by atoms with van der Waals surface area (Å²) in [6, 6.07) is 7.06. The molecule has 0 bridgehead atoms. The van der Waals surface area contributed by atoms with Crippen LogP contribution in [0.5, 0.6) is 0 Å². The Morgan fingerprint density at radius 2 is 1.55 bits per heavy atom. The number of nitrogens with one attached hydrogen (secondary N) is 5. The molecule has 0 saturated carbocycles. The van der Waals surface area contributed by atoms with Crippen molar-refractivity contribution >= 4 is 52.6 Å². The van der Waals surface area contributed by atoms with Crippen LogP contribution in [0, 0.1) is 11.8 Å². The highest BCUT2D eigenvalue weighted by atomic mass is 16.6. The Hall–Kier alpha value is -6.20. The monoisotopic (exact) mass is 780 g/mol. The van der Waals surface area contributed by atoms with Crippen molar-refractivity contribution in [3.8, 4) is 0 Å². The number of anilines is 1. The number of primary amides is 1. The number of carbonyl (C=O) groups is 6. The Morgan fingerprint density at radius 3 is 2.20 bits per heavy atom. The van der Waals surface area contributed by atoms with E-state index in [0.717, 1.165) is 17.1 Å². The molecule has 18 nitrogen and oxygen atoms in total. The second-order valence-electron chi connectivity index (χ2n) is 14.5. The summed E-state index contributed by atoms with van der Waals surface area (Å²) in [5, 5.41) is 10.1. The first-order valence-corrected chi connectivity index (χ1v) is 18.1. The molecule has 0 aliphatic rings. The van der Waals surface area contributed by atoms with Gasteiger partial charge in [0.15, 0.2) is 0 Å². The number of ether oxygens (including phenoxy) is 3. The molecule has 3 atom stereocenters. The van der Waals surface area contributed by atoms with Gasteiger partial charge in [-0.05, 0) is 75.8 Å². The van der Waals surface area contributed by atoms with Crippen molar-refractivity contribution in [3.63, 3.8) is 0 Å². The smallest absolute Gasteiger partial charge is 0.408 e. The maximum Gasteiger partial charge on any atom is 0.408 e. The quantitative estimate of drug-likeness (QED) is 0.0474. The van der Waals surface area contributed by atoms with Crippen LogP contribution in [-0.2, 0) is 39.9 Å². The van der Waals surface area contributed by atoms with Gasteiger partial charge in [-0.25, -0.2) is 19.4 Å². The number of nitrogens with two attached hydrogens (primary N) is 1. The molecule has 1 aromatic carbocycles. The number of alkyl carbamates (subject to hydrolysis) is 2. The predicted molar refractivity (Wildman–Crippen MR) is 206 cm³/mol.